The third kappa shape index (κ3) is 5.46. The lowest BCUT2D eigenvalue weighted by atomic mass is 9.97. The summed E-state index contributed by atoms with van der Waals surface area (Å²) in [7, 11) is -7.34. The molecular weight excluding hydrogens is 428 g/mol. The molecule has 0 bridgehead atoms. The fourth-order valence-electron chi connectivity index (χ4n) is 3.60. The SMILES string of the molecule is Cc1ccc(S(C)(=O)=O)cc1S(=O)(=O)NCC(c1cccs1)N1CCC(C)CC1. The first-order valence-electron chi connectivity index (χ1n) is 9.66. The van der Waals surface area contributed by atoms with Gasteiger partial charge in [0.15, 0.2) is 9.84 Å². The third-order valence-corrected chi connectivity index (χ3v) is 9.12. The molecule has 2 aromatic rings. The number of nitrogens with zero attached hydrogens (tertiary/aromatic N) is 1. The number of likely N-dealkylation sites (tertiary alicyclic amines) is 1. The van der Waals surface area contributed by atoms with Gasteiger partial charge in [0, 0.05) is 17.7 Å². The molecule has 9 heteroatoms. The fourth-order valence-corrected chi connectivity index (χ4v) is 6.49. The average molecular weight is 457 g/mol. The number of piperidine rings is 1. The summed E-state index contributed by atoms with van der Waals surface area (Å²) in [5.41, 5.74) is 0.518. The predicted octanol–water partition coefficient (Wildman–Crippen LogP) is 3.21. The quantitative estimate of drug-likeness (QED) is 0.692. The zero-order valence-corrected chi connectivity index (χ0v) is 19.4. The predicted molar refractivity (Wildman–Crippen MR) is 117 cm³/mol. The van der Waals surface area contributed by atoms with Gasteiger partial charge in [-0.2, -0.15) is 0 Å². The molecule has 2 heterocycles. The van der Waals surface area contributed by atoms with E-state index in [0.717, 1.165) is 37.1 Å². The molecule has 1 fully saturated rings. The van der Waals surface area contributed by atoms with Gasteiger partial charge in [0.2, 0.25) is 10.0 Å². The van der Waals surface area contributed by atoms with Gasteiger partial charge in [-0.05, 0) is 67.9 Å². The number of hydrogen-bond acceptors (Lipinski definition) is 6. The summed E-state index contributed by atoms with van der Waals surface area (Å²) in [6.45, 7) is 6.04. The minimum Gasteiger partial charge on any atom is -0.294 e. The lowest BCUT2D eigenvalue weighted by Gasteiger charge is -2.36. The van der Waals surface area contributed by atoms with E-state index in [1.807, 2.05) is 17.5 Å². The van der Waals surface area contributed by atoms with Gasteiger partial charge in [0.05, 0.1) is 15.8 Å². The Balaban J connectivity index is 1.84. The molecule has 1 atom stereocenters. The molecule has 0 aliphatic carbocycles. The Morgan fingerprint density at radius 2 is 1.86 bits per heavy atom. The van der Waals surface area contributed by atoms with E-state index in [9.17, 15) is 16.8 Å². The molecule has 160 valence electrons. The van der Waals surface area contributed by atoms with Crippen LogP contribution in [0.15, 0.2) is 45.5 Å². The van der Waals surface area contributed by atoms with Crippen LogP contribution in [-0.2, 0) is 19.9 Å². The molecule has 1 N–H and O–H groups in total. The normalized spacial score (nSPS) is 18.0. The van der Waals surface area contributed by atoms with Crippen molar-refractivity contribution in [2.45, 2.75) is 42.5 Å². The third-order valence-electron chi connectivity index (χ3n) is 5.47. The van der Waals surface area contributed by atoms with Crippen molar-refractivity contribution in [3.05, 3.63) is 46.2 Å². The number of sulfonamides is 1. The van der Waals surface area contributed by atoms with E-state index in [4.69, 9.17) is 0 Å². The Bertz CT molecular complexity index is 1040. The Morgan fingerprint density at radius 3 is 2.45 bits per heavy atom. The van der Waals surface area contributed by atoms with Crippen LogP contribution >= 0.6 is 11.3 Å². The highest BCUT2D eigenvalue weighted by molar-refractivity contribution is 7.91. The van der Waals surface area contributed by atoms with Gasteiger partial charge < -0.3 is 0 Å². The minimum absolute atomic E-state index is 0.00306. The molecule has 1 aliphatic heterocycles. The molecule has 29 heavy (non-hydrogen) atoms. The Kier molecular flexibility index (Phi) is 6.84. The number of sulfone groups is 1. The maximum Gasteiger partial charge on any atom is 0.240 e. The van der Waals surface area contributed by atoms with Crippen LogP contribution < -0.4 is 4.72 Å². The second kappa shape index (κ2) is 8.85. The summed E-state index contributed by atoms with van der Waals surface area (Å²) >= 11 is 1.63. The molecular formula is C20H28N2O4S3. The van der Waals surface area contributed by atoms with Crippen LogP contribution in [0, 0.1) is 12.8 Å². The van der Waals surface area contributed by atoms with Crippen LogP contribution in [0.25, 0.3) is 0 Å². The molecule has 3 rings (SSSR count). The summed E-state index contributed by atoms with van der Waals surface area (Å²) in [4.78, 5) is 3.48. The monoisotopic (exact) mass is 456 g/mol. The van der Waals surface area contributed by atoms with E-state index in [1.54, 1.807) is 18.3 Å². The lowest BCUT2D eigenvalue weighted by molar-refractivity contribution is 0.141. The van der Waals surface area contributed by atoms with Crippen molar-refractivity contribution >= 4 is 31.2 Å². The smallest absolute Gasteiger partial charge is 0.240 e. The Hall–Kier alpha value is -1.26. The number of aryl methyl sites for hydroxylation is 1. The van der Waals surface area contributed by atoms with Gasteiger partial charge in [-0.15, -0.1) is 11.3 Å². The first-order chi connectivity index (χ1) is 13.6. The number of thiophene rings is 1. The van der Waals surface area contributed by atoms with Crippen molar-refractivity contribution in [1.29, 1.82) is 0 Å². The van der Waals surface area contributed by atoms with E-state index >= 15 is 0 Å². The summed E-state index contributed by atoms with van der Waals surface area (Å²) in [6, 6.07) is 8.21. The zero-order chi connectivity index (χ0) is 21.2. The first-order valence-corrected chi connectivity index (χ1v) is 13.9. The van der Waals surface area contributed by atoms with Crippen LogP contribution in [-0.4, -0.2) is 47.6 Å². The van der Waals surface area contributed by atoms with Crippen molar-refractivity contribution in [1.82, 2.24) is 9.62 Å². The van der Waals surface area contributed by atoms with E-state index in [1.165, 1.54) is 18.2 Å². The highest BCUT2D eigenvalue weighted by Crippen LogP contribution is 2.30. The second-order valence-electron chi connectivity index (χ2n) is 7.80. The van der Waals surface area contributed by atoms with Crippen LogP contribution in [0.4, 0.5) is 0 Å². The van der Waals surface area contributed by atoms with Crippen LogP contribution in [0.1, 0.15) is 36.2 Å². The Morgan fingerprint density at radius 1 is 1.17 bits per heavy atom. The summed E-state index contributed by atoms with van der Waals surface area (Å²) in [5, 5.41) is 2.00. The van der Waals surface area contributed by atoms with Gasteiger partial charge in [0.1, 0.15) is 0 Å². The van der Waals surface area contributed by atoms with Crippen LogP contribution in [0.2, 0.25) is 0 Å². The van der Waals surface area contributed by atoms with E-state index in [2.05, 4.69) is 16.5 Å². The first kappa shape index (κ1) is 22.4. The fraction of sp³-hybridized carbons (Fsp3) is 0.500. The maximum absolute atomic E-state index is 13.0. The van der Waals surface area contributed by atoms with Gasteiger partial charge in [0.25, 0.3) is 0 Å². The highest BCUT2D eigenvalue weighted by Gasteiger charge is 2.28. The van der Waals surface area contributed by atoms with E-state index in [-0.39, 0.29) is 22.4 Å². The molecule has 0 radical (unpaired) electrons. The summed E-state index contributed by atoms with van der Waals surface area (Å²) in [5.74, 6) is 0.688. The van der Waals surface area contributed by atoms with Crippen LogP contribution in [0.5, 0.6) is 0 Å². The highest BCUT2D eigenvalue weighted by atomic mass is 32.2. The molecule has 0 saturated carbocycles. The van der Waals surface area contributed by atoms with Crippen molar-refractivity contribution in [3.8, 4) is 0 Å². The standard InChI is InChI=1S/C20H28N2O4S3/c1-15-8-10-22(11-9-15)18(19-5-4-12-27-19)14-21-29(25,26)20-13-17(28(3,23)24)7-6-16(20)2/h4-7,12-13,15,18,21H,8-11,14H2,1-3H3. The minimum atomic E-state index is -3.85. The summed E-state index contributed by atoms with van der Waals surface area (Å²) < 4.78 is 52.5. The van der Waals surface area contributed by atoms with Gasteiger partial charge in [-0.3, -0.25) is 4.90 Å². The molecule has 6 nitrogen and oxygen atoms in total. The zero-order valence-electron chi connectivity index (χ0n) is 17.0. The molecule has 1 aromatic carbocycles. The Labute approximate surface area is 177 Å². The van der Waals surface area contributed by atoms with Gasteiger partial charge >= 0.3 is 0 Å². The van der Waals surface area contributed by atoms with Gasteiger partial charge in [-0.1, -0.05) is 19.1 Å². The summed E-state index contributed by atoms with van der Waals surface area (Å²) in [6.07, 6.45) is 3.28. The molecule has 1 saturated heterocycles. The van der Waals surface area contributed by atoms with Gasteiger partial charge in [-0.25, -0.2) is 21.6 Å². The van der Waals surface area contributed by atoms with Crippen molar-refractivity contribution in [2.75, 3.05) is 25.9 Å². The van der Waals surface area contributed by atoms with Crippen molar-refractivity contribution < 1.29 is 16.8 Å². The molecule has 0 amide bonds. The molecule has 1 unspecified atom stereocenters. The largest absolute Gasteiger partial charge is 0.294 e. The molecule has 1 aliphatic rings. The topological polar surface area (TPSA) is 83.5 Å². The number of hydrogen-bond donors (Lipinski definition) is 1. The second-order valence-corrected chi connectivity index (χ2v) is 12.5. The number of benzene rings is 1. The van der Waals surface area contributed by atoms with Crippen molar-refractivity contribution in [3.63, 3.8) is 0 Å². The number of rotatable bonds is 7. The lowest BCUT2D eigenvalue weighted by Crippen LogP contribution is -2.41. The maximum atomic E-state index is 13.0. The van der Waals surface area contributed by atoms with E-state index in [0.29, 0.717) is 11.5 Å². The van der Waals surface area contributed by atoms with E-state index < -0.39 is 19.9 Å². The average Bonchev–Trinajstić information content (AvgIpc) is 3.17. The molecule has 0 spiro atoms. The molecule has 1 aromatic heterocycles. The number of nitrogens with one attached hydrogen (secondary N) is 1. The van der Waals surface area contributed by atoms with Crippen LogP contribution in [0.3, 0.4) is 0 Å². The van der Waals surface area contributed by atoms with Crippen molar-refractivity contribution in [2.24, 2.45) is 5.92 Å².